The van der Waals surface area contributed by atoms with Gasteiger partial charge in [-0.25, -0.2) is 14.4 Å². The van der Waals surface area contributed by atoms with Crippen molar-refractivity contribution in [1.82, 2.24) is 15.3 Å². The molecule has 1 atom stereocenters. The first-order valence-corrected chi connectivity index (χ1v) is 10.8. The number of amides is 1. The van der Waals surface area contributed by atoms with Crippen molar-refractivity contribution in [2.75, 3.05) is 26.8 Å². The molecule has 0 aliphatic carbocycles. The number of ether oxygens (including phenoxy) is 2. The molecule has 8 heteroatoms. The molecule has 7 nitrogen and oxygen atoms in total. The zero-order valence-corrected chi connectivity index (χ0v) is 18.1. The predicted octanol–water partition coefficient (Wildman–Crippen LogP) is 3.70. The van der Waals surface area contributed by atoms with Crippen molar-refractivity contribution in [2.24, 2.45) is 11.7 Å². The topological polar surface area (TPSA) is 99.4 Å². The Hall–Kier alpha value is -3.26. The minimum Gasteiger partial charge on any atom is -0.493 e. The second kappa shape index (κ2) is 9.91. The smallest absolute Gasteiger partial charge is 0.248 e. The van der Waals surface area contributed by atoms with E-state index in [0.717, 1.165) is 32.0 Å². The van der Waals surface area contributed by atoms with E-state index in [1.807, 2.05) is 0 Å². The first-order valence-electron chi connectivity index (χ1n) is 10.8. The number of halogens is 1. The maximum absolute atomic E-state index is 14.7. The van der Waals surface area contributed by atoms with Crippen LogP contribution in [0.25, 0.3) is 22.2 Å². The molecule has 1 unspecified atom stereocenters. The Labute approximate surface area is 186 Å². The average molecular weight is 439 g/mol. The van der Waals surface area contributed by atoms with Crippen molar-refractivity contribution in [3.05, 3.63) is 48.0 Å². The number of benzene rings is 2. The molecule has 32 heavy (non-hydrogen) atoms. The highest BCUT2D eigenvalue weighted by Crippen LogP contribution is 2.36. The van der Waals surface area contributed by atoms with Crippen LogP contribution in [-0.2, 0) is 0 Å². The van der Waals surface area contributed by atoms with E-state index in [2.05, 4.69) is 15.3 Å². The first-order chi connectivity index (χ1) is 15.6. The second-order valence-corrected chi connectivity index (χ2v) is 8.00. The summed E-state index contributed by atoms with van der Waals surface area (Å²) in [5.41, 5.74) is 6.60. The third-order valence-corrected chi connectivity index (χ3v) is 5.84. The molecule has 0 bridgehead atoms. The SMILES string of the molecule is COc1cc2c(-c3ccc(C(N)=O)cc3F)ncnc2cc1OCCCC1CCCNC1. The van der Waals surface area contributed by atoms with Gasteiger partial charge in [-0.2, -0.15) is 0 Å². The van der Waals surface area contributed by atoms with Gasteiger partial charge in [-0.15, -0.1) is 0 Å². The number of hydrogen-bond donors (Lipinski definition) is 2. The normalized spacial score (nSPS) is 16.1. The molecule has 1 fully saturated rings. The van der Waals surface area contributed by atoms with E-state index >= 15 is 0 Å². The Bertz CT molecular complexity index is 1120. The fourth-order valence-corrected chi connectivity index (χ4v) is 4.14. The summed E-state index contributed by atoms with van der Waals surface area (Å²) in [6, 6.07) is 7.63. The first kappa shape index (κ1) is 22.0. The van der Waals surface area contributed by atoms with Crippen LogP contribution in [0.2, 0.25) is 0 Å². The van der Waals surface area contributed by atoms with E-state index in [1.165, 1.54) is 31.3 Å². The van der Waals surface area contributed by atoms with Crippen LogP contribution in [-0.4, -0.2) is 42.7 Å². The summed E-state index contributed by atoms with van der Waals surface area (Å²) in [4.78, 5) is 19.9. The molecule has 2 aromatic carbocycles. The van der Waals surface area contributed by atoms with Crippen molar-refractivity contribution in [3.8, 4) is 22.8 Å². The number of nitrogens with two attached hydrogens (primary N) is 1. The number of carbonyl (C=O) groups is 1. The highest BCUT2D eigenvalue weighted by molar-refractivity contribution is 5.96. The van der Waals surface area contributed by atoms with E-state index in [1.54, 1.807) is 19.2 Å². The highest BCUT2D eigenvalue weighted by atomic mass is 19.1. The van der Waals surface area contributed by atoms with Gasteiger partial charge in [0.2, 0.25) is 5.91 Å². The number of methoxy groups -OCH3 is 1. The largest absolute Gasteiger partial charge is 0.493 e. The summed E-state index contributed by atoms with van der Waals surface area (Å²) in [6.07, 6.45) is 5.96. The molecule has 2 heterocycles. The molecule has 1 saturated heterocycles. The van der Waals surface area contributed by atoms with Crippen LogP contribution < -0.4 is 20.5 Å². The maximum atomic E-state index is 14.7. The molecule has 168 valence electrons. The van der Waals surface area contributed by atoms with Gasteiger partial charge in [0, 0.05) is 22.6 Å². The highest BCUT2D eigenvalue weighted by Gasteiger charge is 2.17. The number of fused-ring (bicyclic) bond motifs is 1. The third-order valence-electron chi connectivity index (χ3n) is 5.84. The van der Waals surface area contributed by atoms with Gasteiger partial charge in [0.1, 0.15) is 12.1 Å². The van der Waals surface area contributed by atoms with Gasteiger partial charge in [-0.1, -0.05) is 0 Å². The molecule has 0 saturated carbocycles. The van der Waals surface area contributed by atoms with Crippen LogP contribution in [0.5, 0.6) is 11.5 Å². The van der Waals surface area contributed by atoms with Crippen LogP contribution >= 0.6 is 0 Å². The lowest BCUT2D eigenvalue weighted by atomic mass is 9.95. The summed E-state index contributed by atoms with van der Waals surface area (Å²) >= 11 is 0. The molecular formula is C24H27FN4O3. The van der Waals surface area contributed by atoms with Crippen LogP contribution in [0.4, 0.5) is 4.39 Å². The monoisotopic (exact) mass is 438 g/mol. The van der Waals surface area contributed by atoms with Crippen molar-refractivity contribution in [2.45, 2.75) is 25.7 Å². The minimum atomic E-state index is -0.689. The molecule has 0 spiro atoms. The lowest BCUT2D eigenvalue weighted by Crippen LogP contribution is -2.29. The van der Waals surface area contributed by atoms with Crippen LogP contribution in [0.3, 0.4) is 0 Å². The number of nitrogens with one attached hydrogen (secondary N) is 1. The van der Waals surface area contributed by atoms with Crippen LogP contribution in [0, 0.1) is 11.7 Å². The van der Waals surface area contributed by atoms with Crippen molar-refractivity contribution >= 4 is 16.8 Å². The van der Waals surface area contributed by atoms with Gasteiger partial charge in [0.05, 0.1) is 24.9 Å². The van der Waals surface area contributed by atoms with Gasteiger partial charge in [-0.3, -0.25) is 4.79 Å². The lowest BCUT2D eigenvalue weighted by Gasteiger charge is -2.22. The van der Waals surface area contributed by atoms with Gasteiger partial charge in [0.15, 0.2) is 11.5 Å². The number of rotatable bonds is 8. The molecule has 3 N–H and O–H groups in total. The molecule has 1 aliphatic rings. The predicted molar refractivity (Wildman–Crippen MR) is 120 cm³/mol. The third kappa shape index (κ3) is 4.80. The fourth-order valence-electron chi connectivity index (χ4n) is 4.14. The van der Waals surface area contributed by atoms with Gasteiger partial charge < -0.3 is 20.5 Å². The van der Waals surface area contributed by atoms with E-state index < -0.39 is 11.7 Å². The lowest BCUT2D eigenvalue weighted by molar-refractivity contribution is 0.1000. The summed E-state index contributed by atoms with van der Waals surface area (Å²) in [5.74, 6) is 0.555. The fraction of sp³-hybridized carbons (Fsp3) is 0.375. The number of carbonyl (C=O) groups excluding carboxylic acids is 1. The summed E-state index contributed by atoms with van der Waals surface area (Å²) in [5, 5.41) is 4.06. The molecular weight excluding hydrogens is 411 g/mol. The molecule has 4 rings (SSSR count). The van der Waals surface area contributed by atoms with E-state index in [9.17, 15) is 9.18 Å². The Morgan fingerprint density at radius 1 is 1.25 bits per heavy atom. The number of primary amides is 1. The van der Waals surface area contributed by atoms with Crippen LogP contribution in [0.15, 0.2) is 36.7 Å². The summed E-state index contributed by atoms with van der Waals surface area (Å²) in [6.45, 7) is 2.78. The Kier molecular flexibility index (Phi) is 6.80. The number of aromatic nitrogens is 2. The quantitative estimate of drug-likeness (QED) is 0.520. The van der Waals surface area contributed by atoms with E-state index in [0.29, 0.717) is 40.6 Å². The molecule has 3 aromatic rings. The zero-order chi connectivity index (χ0) is 22.5. The Morgan fingerprint density at radius 3 is 2.84 bits per heavy atom. The van der Waals surface area contributed by atoms with Gasteiger partial charge >= 0.3 is 0 Å². The average Bonchev–Trinajstić information content (AvgIpc) is 2.81. The summed E-state index contributed by atoms with van der Waals surface area (Å²) in [7, 11) is 1.56. The Morgan fingerprint density at radius 2 is 2.12 bits per heavy atom. The van der Waals surface area contributed by atoms with Crippen molar-refractivity contribution in [3.63, 3.8) is 0 Å². The standard InChI is InChI=1S/C24H27FN4O3/c1-31-21-11-18-20(12-22(21)32-9-3-5-15-4-2-8-27-13-15)28-14-29-23(18)17-7-6-16(24(26)30)10-19(17)25/h6-7,10-12,14-15,27H,2-5,8-9,13H2,1H3,(H2,26,30). The van der Waals surface area contributed by atoms with E-state index in [4.69, 9.17) is 15.2 Å². The number of nitrogens with zero attached hydrogens (tertiary/aromatic N) is 2. The molecule has 1 aliphatic heterocycles. The maximum Gasteiger partial charge on any atom is 0.248 e. The minimum absolute atomic E-state index is 0.0990. The summed E-state index contributed by atoms with van der Waals surface area (Å²) < 4.78 is 26.3. The van der Waals surface area contributed by atoms with Gasteiger partial charge in [-0.05, 0) is 69.0 Å². The molecule has 1 amide bonds. The van der Waals surface area contributed by atoms with Crippen molar-refractivity contribution in [1.29, 1.82) is 0 Å². The number of hydrogen-bond acceptors (Lipinski definition) is 6. The van der Waals surface area contributed by atoms with Crippen molar-refractivity contribution < 1.29 is 18.7 Å². The molecule has 0 radical (unpaired) electrons. The molecule has 1 aromatic heterocycles. The Balaban J connectivity index is 1.56. The second-order valence-electron chi connectivity index (χ2n) is 8.00. The van der Waals surface area contributed by atoms with E-state index in [-0.39, 0.29) is 11.1 Å². The van der Waals surface area contributed by atoms with Gasteiger partial charge in [0.25, 0.3) is 0 Å². The number of piperidine rings is 1. The van der Waals surface area contributed by atoms with Crippen LogP contribution in [0.1, 0.15) is 36.0 Å². The zero-order valence-electron chi connectivity index (χ0n) is 18.1.